The molecule has 0 saturated heterocycles. The maximum Gasteiger partial charge on any atom is 0.0182 e. The van der Waals surface area contributed by atoms with Gasteiger partial charge in [0, 0.05) is 5.54 Å². The van der Waals surface area contributed by atoms with E-state index < -0.39 is 0 Å². The van der Waals surface area contributed by atoms with Crippen molar-refractivity contribution in [2.24, 2.45) is 11.3 Å². The fourth-order valence-corrected chi connectivity index (χ4v) is 3.29. The van der Waals surface area contributed by atoms with E-state index in [1.807, 2.05) is 0 Å². The van der Waals surface area contributed by atoms with Crippen molar-refractivity contribution >= 4 is 0 Å². The number of nitrogens with one attached hydrogen (secondary N) is 1. The quantitative estimate of drug-likeness (QED) is 0.728. The van der Waals surface area contributed by atoms with Gasteiger partial charge in [-0.15, -0.1) is 0 Å². The Morgan fingerprint density at radius 1 is 1.21 bits per heavy atom. The Kier molecular flexibility index (Phi) is 2.63. The van der Waals surface area contributed by atoms with Gasteiger partial charge in [-0.05, 0) is 50.5 Å². The predicted molar refractivity (Wildman–Crippen MR) is 61.4 cm³/mol. The van der Waals surface area contributed by atoms with Crippen LogP contribution in [0.15, 0.2) is 0 Å². The molecule has 82 valence electrons. The third kappa shape index (κ3) is 2.31. The van der Waals surface area contributed by atoms with Gasteiger partial charge in [0.1, 0.15) is 0 Å². The van der Waals surface area contributed by atoms with Crippen LogP contribution in [-0.4, -0.2) is 12.6 Å². The summed E-state index contributed by atoms with van der Waals surface area (Å²) in [4.78, 5) is 0. The first kappa shape index (κ1) is 10.5. The van der Waals surface area contributed by atoms with Crippen LogP contribution < -0.4 is 5.32 Å². The van der Waals surface area contributed by atoms with Crippen LogP contribution >= 0.6 is 0 Å². The molecule has 14 heavy (non-hydrogen) atoms. The third-order valence-corrected chi connectivity index (χ3v) is 4.37. The summed E-state index contributed by atoms with van der Waals surface area (Å²) in [6, 6.07) is 0. The van der Waals surface area contributed by atoms with Crippen LogP contribution in [0.25, 0.3) is 0 Å². The molecular weight excluding hydrogens is 170 g/mol. The second-order valence-corrected chi connectivity index (χ2v) is 6.36. The Balaban J connectivity index is 1.86. The van der Waals surface area contributed by atoms with Crippen LogP contribution in [0.3, 0.4) is 0 Å². The molecule has 0 aromatic rings. The molecule has 1 heteroatoms. The molecule has 0 amide bonds. The van der Waals surface area contributed by atoms with E-state index in [9.17, 15) is 0 Å². The van der Waals surface area contributed by atoms with E-state index in [1.165, 1.54) is 44.9 Å². The molecule has 0 heterocycles. The number of hydrogen-bond donors (Lipinski definition) is 1. The largest absolute Gasteiger partial charge is 0.314 e. The van der Waals surface area contributed by atoms with Crippen LogP contribution in [0.5, 0.6) is 0 Å². The second kappa shape index (κ2) is 3.52. The molecule has 2 aliphatic carbocycles. The Bertz CT molecular complexity index is 203. The van der Waals surface area contributed by atoms with Crippen molar-refractivity contribution in [2.45, 2.75) is 64.3 Å². The predicted octanol–water partition coefficient (Wildman–Crippen LogP) is 3.34. The van der Waals surface area contributed by atoms with E-state index >= 15 is 0 Å². The number of hydrogen-bond acceptors (Lipinski definition) is 1. The van der Waals surface area contributed by atoms with Crippen molar-refractivity contribution in [1.29, 1.82) is 0 Å². The summed E-state index contributed by atoms with van der Waals surface area (Å²) in [5.74, 6) is 0.994. The first-order valence-corrected chi connectivity index (χ1v) is 6.24. The van der Waals surface area contributed by atoms with Gasteiger partial charge in [-0.3, -0.25) is 0 Å². The molecule has 2 saturated carbocycles. The van der Waals surface area contributed by atoms with Gasteiger partial charge in [-0.2, -0.15) is 0 Å². The van der Waals surface area contributed by atoms with Crippen LogP contribution in [0.4, 0.5) is 0 Å². The van der Waals surface area contributed by atoms with Crippen LogP contribution in [0.1, 0.15) is 58.8 Å². The van der Waals surface area contributed by atoms with E-state index in [0.717, 1.165) is 5.92 Å². The highest BCUT2D eigenvalue weighted by Crippen LogP contribution is 2.47. The van der Waals surface area contributed by atoms with Gasteiger partial charge in [0.15, 0.2) is 0 Å². The van der Waals surface area contributed by atoms with Crippen molar-refractivity contribution in [3.8, 4) is 0 Å². The Hall–Kier alpha value is -0.0400. The molecule has 1 unspecified atom stereocenters. The summed E-state index contributed by atoms with van der Waals surface area (Å²) >= 11 is 0. The van der Waals surface area contributed by atoms with Crippen molar-refractivity contribution in [3.63, 3.8) is 0 Å². The van der Waals surface area contributed by atoms with Gasteiger partial charge in [-0.1, -0.05) is 26.7 Å². The van der Waals surface area contributed by atoms with Gasteiger partial charge in [-0.25, -0.2) is 0 Å². The molecule has 2 rings (SSSR count). The summed E-state index contributed by atoms with van der Waals surface area (Å²) in [7, 11) is 2.14. The number of rotatable bonds is 3. The SMILES string of the molecule is CNC1(CC2CCCC(C)(C)C2)CC1. The van der Waals surface area contributed by atoms with Crippen molar-refractivity contribution in [1.82, 2.24) is 5.32 Å². The summed E-state index contributed by atoms with van der Waals surface area (Å²) in [6.07, 6.45) is 10.1. The zero-order chi connectivity index (χ0) is 10.2. The van der Waals surface area contributed by atoms with Gasteiger partial charge in [0.2, 0.25) is 0 Å². The van der Waals surface area contributed by atoms with Crippen LogP contribution in [0.2, 0.25) is 0 Å². The maximum absolute atomic E-state index is 3.53. The molecule has 1 nitrogen and oxygen atoms in total. The molecule has 0 aromatic heterocycles. The molecule has 0 radical (unpaired) electrons. The maximum atomic E-state index is 3.53. The molecule has 0 aliphatic heterocycles. The van der Waals surface area contributed by atoms with E-state index in [4.69, 9.17) is 0 Å². The Morgan fingerprint density at radius 3 is 2.43 bits per heavy atom. The van der Waals surface area contributed by atoms with Gasteiger partial charge in [0.05, 0.1) is 0 Å². The average Bonchev–Trinajstić information content (AvgIpc) is 2.84. The lowest BCUT2D eigenvalue weighted by atomic mass is 9.70. The molecule has 0 spiro atoms. The minimum absolute atomic E-state index is 0.568. The molecule has 1 atom stereocenters. The van der Waals surface area contributed by atoms with E-state index in [-0.39, 0.29) is 0 Å². The smallest absolute Gasteiger partial charge is 0.0182 e. The van der Waals surface area contributed by atoms with E-state index in [0.29, 0.717) is 11.0 Å². The molecule has 2 aliphatic rings. The molecule has 2 fully saturated rings. The Morgan fingerprint density at radius 2 is 1.93 bits per heavy atom. The summed E-state index contributed by atoms with van der Waals surface area (Å²) < 4.78 is 0. The van der Waals surface area contributed by atoms with E-state index in [2.05, 4.69) is 26.2 Å². The minimum atomic E-state index is 0.568. The minimum Gasteiger partial charge on any atom is -0.314 e. The van der Waals surface area contributed by atoms with Crippen LogP contribution in [-0.2, 0) is 0 Å². The lowest BCUT2D eigenvalue weighted by Gasteiger charge is -2.36. The topological polar surface area (TPSA) is 12.0 Å². The summed E-state index contributed by atoms with van der Waals surface area (Å²) in [6.45, 7) is 4.89. The van der Waals surface area contributed by atoms with Crippen LogP contribution in [0, 0.1) is 11.3 Å². The first-order valence-electron chi connectivity index (χ1n) is 6.24. The highest BCUT2D eigenvalue weighted by atomic mass is 15.0. The molecule has 0 aromatic carbocycles. The monoisotopic (exact) mass is 195 g/mol. The van der Waals surface area contributed by atoms with Crippen molar-refractivity contribution in [3.05, 3.63) is 0 Å². The zero-order valence-electron chi connectivity index (χ0n) is 10.0. The normalized spacial score (nSPS) is 34.1. The van der Waals surface area contributed by atoms with Gasteiger partial charge < -0.3 is 5.32 Å². The first-order chi connectivity index (χ1) is 6.55. The lowest BCUT2D eigenvalue weighted by Crippen LogP contribution is -2.33. The summed E-state index contributed by atoms with van der Waals surface area (Å²) in [5.41, 5.74) is 1.19. The fraction of sp³-hybridized carbons (Fsp3) is 1.00. The van der Waals surface area contributed by atoms with Gasteiger partial charge >= 0.3 is 0 Å². The van der Waals surface area contributed by atoms with Crippen molar-refractivity contribution < 1.29 is 0 Å². The fourth-order valence-electron chi connectivity index (χ4n) is 3.29. The standard InChI is InChI=1S/C13H25N/c1-12(2)6-4-5-11(9-12)10-13(14-3)7-8-13/h11,14H,4-10H2,1-3H3. The second-order valence-electron chi connectivity index (χ2n) is 6.36. The Labute approximate surface area is 88.7 Å². The lowest BCUT2D eigenvalue weighted by molar-refractivity contribution is 0.161. The summed E-state index contributed by atoms with van der Waals surface area (Å²) in [5, 5.41) is 3.53. The molecular formula is C13H25N. The highest BCUT2D eigenvalue weighted by Gasteiger charge is 2.43. The average molecular weight is 195 g/mol. The molecule has 0 bridgehead atoms. The zero-order valence-corrected chi connectivity index (χ0v) is 10.0. The molecule has 1 N–H and O–H groups in total. The van der Waals surface area contributed by atoms with Gasteiger partial charge in [0.25, 0.3) is 0 Å². The highest BCUT2D eigenvalue weighted by molar-refractivity contribution is 5.02. The van der Waals surface area contributed by atoms with E-state index in [1.54, 1.807) is 0 Å². The van der Waals surface area contributed by atoms with Crippen molar-refractivity contribution in [2.75, 3.05) is 7.05 Å². The third-order valence-electron chi connectivity index (χ3n) is 4.37.